The van der Waals surface area contributed by atoms with E-state index < -0.39 is 0 Å². The molecule has 0 atom stereocenters. The van der Waals surface area contributed by atoms with E-state index in [1.54, 1.807) is 12.1 Å². The Bertz CT molecular complexity index is 942. The Morgan fingerprint density at radius 1 is 1.04 bits per heavy atom. The lowest BCUT2D eigenvalue weighted by molar-refractivity contribution is 0.155. The molecule has 6 heteroatoms. The summed E-state index contributed by atoms with van der Waals surface area (Å²) < 4.78 is 19.6. The molecular formula is C21H24FN3OS. The van der Waals surface area contributed by atoms with E-state index >= 15 is 0 Å². The van der Waals surface area contributed by atoms with Crippen LogP contribution in [-0.4, -0.2) is 41.1 Å². The molecule has 0 radical (unpaired) electrons. The molecule has 1 aromatic heterocycles. The highest BCUT2D eigenvalue weighted by atomic mass is 32.1. The second-order valence-corrected chi connectivity index (χ2v) is 7.66. The summed E-state index contributed by atoms with van der Waals surface area (Å²) in [6.45, 7) is 3.81. The molecule has 0 unspecified atom stereocenters. The van der Waals surface area contributed by atoms with Crippen LogP contribution < -0.4 is 4.74 Å². The van der Waals surface area contributed by atoms with Gasteiger partial charge in [0.15, 0.2) is 4.77 Å². The van der Waals surface area contributed by atoms with Crippen molar-refractivity contribution in [3.8, 4) is 5.75 Å². The zero-order valence-electron chi connectivity index (χ0n) is 15.2. The lowest BCUT2D eigenvalue weighted by Gasteiger charge is -2.31. The number of nitrogens with one attached hydrogen (secondary N) is 2. The normalized spacial score (nSPS) is 16.0. The highest BCUT2D eigenvalue weighted by Crippen LogP contribution is 2.22. The summed E-state index contributed by atoms with van der Waals surface area (Å²) in [6.07, 6.45) is 3.41. The zero-order chi connectivity index (χ0) is 18.6. The average molecular weight is 386 g/mol. The molecule has 27 heavy (non-hydrogen) atoms. The number of likely N-dealkylation sites (tertiary alicyclic amines) is 1. The van der Waals surface area contributed by atoms with Crippen molar-refractivity contribution in [3.63, 3.8) is 0 Å². The Balaban J connectivity index is 1.21. The van der Waals surface area contributed by atoms with Gasteiger partial charge >= 0.3 is 0 Å². The van der Waals surface area contributed by atoms with Crippen LogP contribution in [-0.2, 0) is 6.42 Å². The van der Waals surface area contributed by atoms with Crippen molar-refractivity contribution in [2.75, 3.05) is 26.2 Å². The number of nitrogens with zero attached hydrogens (tertiary/aromatic N) is 1. The Labute approximate surface area is 163 Å². The Hall–Kier alpha value is -2.18. The van der Waals surface area contributed by atoms with Crippen LogP contribution >= 0.6 is 12.2 Å². The number of fused-ring (bicyclic) bond motifs is 1. The number of piperidine rings is 1. The Morgan fingerprint density at radius 3 is 2.56 bits per heavy atom. The van der Waals surface area contributed by atoms with Crippen molar-refractivity contribution in [1.82, 2.24) is 14.9 Å². The molecule has 2 heterocycles. The standard InChI is InChI=1S/C21H24FN3OS/c22-17-3-1-15(2-4-17)13-16-7-9-25(10-8-16)11-12-26-18-5-6-19-20(14-18)24-21(27)23-19/h1-6,14,16H,7-13H2,(H2,23,24,27). The maximum Gasteiger partial charge on any atom is 0.175 e. The number of benzene rings is 2. The first-order chi connectivity index (χ1) is 13.2. The number of imidazole rings is 1. The van der Waals surface area contributed by atoms with E-state index in [4.69, 9.17) is 17.0 Å². The molecule has 4 rings (SSSR count). The third-order valence-electron chi connectivity index (χ3n) is 5.31. The van der Waals surface area contributed by atoms with Crippen molar-refractivity contribution < 1.29 is 9.13 Å². The number of H-pyrrole nitrogens is 2. The van der Waals surface area contributed by atoms with Crippen LogP contribution in [0.2, 0.25) is 0 Å². The minimum atomic E-state index is -0.160. The fraction of sp³-hybridized carbons (Fsp3) is 0.381. The van der Waals surface area contributed by atoms with Gasteiger partial charge in [0.2, 0.25) is 0 Å². The lowest BCUT2D eigenvalue weighted by atomic mass is 9.90. The SMILES string of the molecule is Fc1ccc(CC2CCN(CCOc3ccc4[nH]c(=S)[nH]c4c3)CC2)cc1. The van der Waals surface area contributed by atoms with Gasteiger partial charge in [-0.25, -0.2) is 4.39 Å². The molecule has 1 aliphatic rings. The first kappa shape index (κ1) is 18.2. The Kier molecular flexibility index (Phi) is 5.55. The summed E-state index contributed by atoms with van der Waals surface area (Å²) in [5.41, 5.74) is 3.20. The molecule has 0 saturated carbocycles. The maximum absolute atomic E-state index is 13.0. The monoisotopic (exact) mass is 385 g/mol. The molecule has 4 nitrogen and oxygen atoms in total. The summed E-state index contributed by atoms with van der Waals surface area (Å²) in [5.74, 6) is 1.39. The Morgan fingerprint density at radius 2 is 1.78 bits per heavy atom. The molecule has 0 aliphatic carbocycles. The fourth-order valence-electron chi connectivity index (χ4n) is 3.76. The fourth-order valence-corrected chi connectivity index (χ4v) is 3.98. The van der Waals surface area contributed by atoms with Crippen molar-refractivity contribution in [3.05, 3.63) is 58.6 Å². The van der Waals surface area contributed by atoms with E-state index in [0.717, 1.165) is 42.8 Å². The third-order valence-corrected chi connectivity index (χ3v) is 5.51. The van der Waals surface area contributed by atoms with E-state index in [-0.39, 0.29) is 5.82 Å². The van der Waals surface area contributed by atoms with E-state index in [1.807, 2.05) is 30.3 Å². The summed E-state index contributed by atoms with van der Waals surface area (Å²) in [6, 6.07) is 12.9. The zero-order valence-corrected chi connectivity index (χ0v) is 16.0. The van der Waals surface area contributed by atoms with Crippen LogP contribution in [0.25, 0.3) is 11.0 Å². The van der Waals surface area contributed by atoms with Gasteiger partial charge in [-0.3, -0.25) is 4.90 Å². The van der Waals surface area contributed by atoms with Crippen molar-refractivity contribution in [1.29, 1.82) is 0 Å². The molecule has 142 valence electrons. The van der Waals surface area contributed by atoms with E-state index in [1.165, 1.54) is 18.4 Å². The van der Waals surface area contributed by atoms with Gasteiger partial charge < -0.3 is 14.7 Å². The topological polar surface area (TPSA) is 44.0 Å². The van der Waals surface area contributed by atoms with Crippen LogP contribution in [0, 0.1) is 16.5 Å². The maximum atomic E-state index is 13.0. The van der Waals surface area contributed by atoms with E-state index in [0.29, 0.717) is 17.3 Å². The van der Waals surface area contributed by atoms with Gasteiger partial charge in [0.25, 0.3) is 0 Å². The van der Waals surface area contributed by atoms with Gasteiger partial charge in [0.1, 0.15) is 18.2 Å². The number of ether oxygens (including phenoxy) is 1. The van der Waals surface area contributed by atoms with Gasteiger partial charge in [0, 0.05) is 12.6 Å². The smallest absolute Gasteiger partial charge is 0.175 e. The number of hydrogen-bond donors (Lipinski definition) is 2. The second-order valence-electron chi connectivity index (χ2n) is 7.25. The first-order valence-electron chi connectivity index (χ1n) is 9.47. The highest BCUT2D eigenvalue weighted by Gasteiger charge is 2.19. The quantitative estimate of drug-likeness (QED) is 0.605. The second kappa shape index (κ2) is 8.23. The average Bonchev–Trinajstić information content (AvgIpc) is 3.04. The molecular weight excluding hydrogens is 361 g/mol. The molecule has 1 saturated heterocycles. The van der Waals surface area contributed by atoms with Crippen LogP contribution in [0.1, 0.15) is 18.4 Å². The van der Waals surface area contributed by atoms with Gasteiger partial charge in [-0.1, -0.05) is 12.1 Å². The summed E-state index contributed by atoms with van der Waals surface area (Å²) in [7, 11) is 0. The number of hydrogen-bond acceptors (Lipinski definition) is 3. The van der Waals surface area contributed by atoms with Crippen LogP contribution in [0.4, 0.5) is 4.39 Å². The third kappa shape index (κ3) is 4.76. The minimum Gasteiger partial charge on any atom is -0.492 e. The molecule has 0 spiro atoms. The number of aromatic amines is 2. The lowest BCUT2D eigenvalue weighted by Crippen LogP contribution is -2.37. The largest absolute Gasteiger partial charge is 0.492 e. The minimum absolute atomic E-state index is 0.160. The molecule has 2 N–H and O–H groups in total. The molecule has 1 aliphatic heterocycles. The molecule has 0 amide bonds. The number of halogens is 1. The van der Waals surface area contributed by atoms with Crippen LogP contribution in [0.3, 0.4) is 0 Å². The predicted octanol–water partition coefficient (Wildman–Crippen LogP) is 4.70. The molecule has 1 fully saturated rings. The summed E-state index contributed by atoms with van der Waals surface area (Å²) >= 11 is 5.11. The van der Waals surface area contributed by atoms with Crippen LogP contribution in [0.15, 0.2) is 42.5 Å². The molecule has 2 aromatic carbocycles. The van der Waals surface area contributed by atoms with Crippen LogP contribution in [0.5, 0.6) is 5.75 Å². The molecule has 3 aromatic rings. The molecule has 0 bridgehead atoms. The summed E-state index contributed by atoms with van der Waals surface area (Å²) in [5, 5.41) is 0. The predicted molar refractivity (Wildman–Crippen MR) is 108 cm³/mol. The summed E-state index contributed by atoms with van der Waals surface area (Å²) in [4.78, 5) is 8.67. The van der Waals surface area contributed by atoms with Gasteiger partial charge in [-0.15, -0.1) is 0 Å². The van der Waals surface area contributed by atoms with E-state index in [2.05, 4.69) is 14.9 Å². The van der Waals surface area contributed by atoms with Gasteiger partial charge in [-0.05, 0) is 80.3 Å². The van der Waals surface area contributed by atoms with Gasteiger partial charge in [-0.2, -0.15) is 0 Å². The highest BCUT2D eigenvalue weighted by molar-refractivity contribution is 7.71. The van der Waals surface area contributed by atoms with Crippen molar-refractivity contribution in [2.45, 2.75) is 19.3 Å². The van der Waals surface area contributed by atoms with Crippen molar-refractivity contribution >= 4 is 23.3 Å². The first-order valence-corrected chi connectivity index (χ1v) is 9.88. The van der Waals surface area contributed by atoms with E-state index in [9.17, 15) is 4.39 Å². The number of rotatable bonds is 6. The van der Waals surface area contributed by atoms with Gasteiger partial charge in [0.05, 0.1) is 11.0 Å². The number of aromatic nitrogens is 2. The van der Waals surface area contributed by atoms with Crippen molar-refractivity contribution in [2.24, 2.45) is 5.92 Å².